The number of thiazole rings is 1. The molecule has 6 nitrogen and oxygen atoms in total. The highest BCUT2D eigenvalue weighted by Crippen LogP contribution is 2.25. The van der Waals surface area contributed by atoms with Gasteiger partial charge in [0, 0.05) is 11.6 Å². The van der Waals surface area contributed by atoms with Gasteiger partial charge in [-0.1, -0.05) is 37.6 Å². The van der Waals surface area contributed by atoms with Gasteiger partial charge in [-0.05, 0) is 61.6 Å². The molecule has 0 fully saturated rings. The molecule has 0 aliphatic carbocycles. The number of benzene rings is 2. The maximum Gasteiger partial charge on any atom is 0.241 e. The summed E-state index contributed by atoms with van der Waals surface area (Å²) >= 11 is 7.33. The largest absolute Gasteiger partial charge is 0.354 e. The van der Waals surface area contributed by atoms with Crippen LogP contribution in [-0.2, 0) is 21.2 Å². The first-order valence-electron chi connectivity index (χ1n) is 10.1. The number of nitrogens with zero attached hydrogens (tertiary/aromatic N) is 1. The van der Waals surface area contributed by atoms with Crippen molar-refractivity contribution in [2.45, 2.75) is 44.6 Å². The van der Waals surface area contributed by atoms with Crippen molar-refractivity contribution in [2.24, 2.45) is 5.92 Å². The lowest BCUT2D eigenvalue weighted by Gasteiger charge is -2.20. The van der Waals surface area contributed by atoms with Gasteiger partial charge < -0.3 is 5.32 Å². The molecule has 1 atom stereocenters. The van der Waals surface area contributed by atoms with Gasteiger partial charge in [-0.3, -0.25) is 4.79 Å². The van der Waals surface area contributed by atoms with Crippen molar-refractivity contribution in [3.8, 4) is 0 Å². The molecule has 2 aromatic carbocycles. The first-order valence-corrected chi connectivity index (χ1v) is 12.7. The maximum absolute atomic E-state index is 13.0. The molecule has 0 bridgehead atoms. The molecule has 0 aliphatic rings. The highest BCUT2D eigenvalue weighted by molar-refractivity contribution is 7.89. The Morgan fingerprint density at radius 3 is 2.55 bits per heavy atom. The Morgan fingerprint density at radius 1 is 1.16 bits per heavy atom. The molecule has 2 N–H and O–H groups in total. The average Bonchev–Trinajstić information content (AvgIpc) is 3.07. The van der Waals surface area contributed by atoms with Crippen LogP contribution in [0.3, 0.4) is 0 Å². The van der Waals surface area contributed by atoms with Crippen LogP contribution < -0.4 is 10.0 Å². The maximum atomic E-state index is 13.0. The van der Waals surface area contributed by atoms with Gasteiger partial charge in [-0.2, -0.15) is 4.72 Å². The molecule has 0 radical (unpaired) electrons. The van der Waals surface area contributed by atoms with Gasteiger partial charge in [0.05, 0.1) is 20.1 Å². The standard InChI is InChI=1S/C22H26ClN3O3S2/c1-14(2)12-20(22(27)24-11-10-16-4-6-17(23)7-5-16)26-31(28,29)18-8-9-19-21(13-18)30-15(3)25-19/h4-9,13-14,20,26H,10-12H2,1-3H3,(H,24,27). The molecule has 0 saturated carbocycles. The Hall–Kier alpha value is -2.00. The number of aryl methyl sites for hydroxylation is 1. The minimum atomic E-state index is -3.86. The fourth-order valence-electron chi connectivity index (χ4n) is 3.23. The summed E-state index contributed by atoms with van der Waals surface area (Å²) in [5.41, 5.74) is 1.80. The van der Waals surface area contributed by atoms with Crippen LogP contribution in [0.4, 0.5) is 0 Å². The number of fused-ring (bicyclic) bond motifs is 1. The Morgan fingerprint density at radius 2 is 1.87 bits per heavy atom. The molecule has 0 spiro atoms. The van der Waals surface area contributed by atoms with E-state index in [1.165, 1.54) is 17.4 Å². The minimum absolute atomic E-state index is 0.131. The van der Waals surface area contributed by atoms with Crippen LogP contribution in [0, 0.1) is 12.8 Å². The number of halogens is 1. The van der Waals surface area contributed by atoms with Crippen molar-refractivity contribution in [1.82, 2.24) is 15.0 Å². The van der Waals surface area contributed by atoms with Gasteiger partial charge >= 0.3 is 0 Å². The molecule has 1 unspecified atom stereocenters. The second-order valence-corrected chi connectivity index (χ2v) is 11.2. The smallest absolute Gasteiger partial charge is 0.241 e. The second-order valence-electron chi connectivity index (χ2n) is 7.83. The molecule has 0 aliphatic heterocycles. The third-order valence-electron chi connectivity index (χ3n) is 4.72. The Kier molecular flexibility index (Phi) is 7.69. The Bertz CT molecular complexity index is 1160. The van der Waals surface area contributed by atoms with Crippen LogP contribution in [0.2, 0.25) is 5.02 Å². The zero-order valence-electron chi connectivity index (χ0n) is 17.7. The quantitative estimate of drug-likeness (QED) is 0.478. The minimum Gasteiger partial charge on any atom is -0.354 e. The van der Waals surface area contributed by atoms with Crippen molar-refractivity contribution in [3.05, 3.63) is 58.1 Å². The summed E-state index contributed by atoms with van der Waals surface area (Å²) in [6.45, 7) is 6.19. The second kappa shape index (κ2) is 10.1. The van der Waals surface area contributed by atoms with Gasteiger partial charge in [0.25, 0.3) is 0 Å². The number of rotatable bonds is 9. The lowest BCUT2D eigenvalue weighted by molar-refractivity contribution is -0.123. The van der Waals surface area contributed by atoms with Crippen molar-refractivity contribution >= 4 is 49.1 Å². The van der Waals surface area contributed by atoms with Gasteiger partial charge in [-0.25, -0.2) is 13.4 Å². The predicted molar refractivity (Wildman–Crippen MR) is 126 cm³/mol. The Labute approximate surface area is 192 Å². The number of hydrogen-bond acceptors (Lipinski definition) is 5. The molecule has 9 heteroatoms. The van der Waals surface area contributed by atoms with E-state index in [1.54, 1.807) is 24.3 Å². The number of nitrogens with one attached hydrogen (secondary N) is 2. The zero-order chi connectivity index (χ0) is 22.6. The number of carbonyl (C=O) groups is 1. The monoisotopic (exact) mass is 479 g/mol. The molecule has 1 aromatic heterocycles. The number of amides is 1. The summed E-state index contributed by atoms with van der Waals surface area (Å²) < 4.78 is 29.4. The molecular formula is C22H26ClN3O3S2. The summed E-state index contributed by atoms with van der Waals surface area (Å²) in [6.07, 6.45) is 1.03. The van der Waals surface area contributed by atoms with E-state index in [0.29, 0.717) is 24.4 Å². The van der Waals surface area contributed by atoms with Gasteiger partial charge in [-0.15, -0.1) is 11.3 Å². The van der Waals surface area contributed by atoms with Crippen molar-refractivity contribution in [1.29, 1.82) is 0 Å². The average molecular weight is 480 g/mol. The first-order chi connectivity index (χ1) is 14.6. The molecule has 0 saturated heterocycles. The SMILES string of the molecule is Cc1nc2ccc(S(=O)(=O)NC(CC(C)C)C(=O)NCCc3ccc(Cl)cc3)cc2s1. The third kappa shape index (κ3) is 6.49. The lowest BCUT2D eigenvalue weighted by atomic mass is 10.0. The van der Waals surface area contributed by atoms with Crippen LogP contribution >= 0.6 is 22.9 Å². The highest BCUT2D eigenvalue weighted by Gasteiger charge is 2.26. The number of aromatic nitrogens is 1. The van der Waals surface area contributed by atoms with E-state index >= 15 is 0 Å². The molecule has 3 rings (SSSR count). The fourth-order valence-corrected chi connectivity index (χ4v) is 5.53. The van der Waals surface area contributed by atoms with Crippen molar-refractivity contribution in [2.75, 3.05) is 6.54 Å². The summed E-state index contributed by atoms with van der Waals surface area (Å²) in [4.78, 5) is 17.3. The van der Waals surface area contributed by atoms with E-state index in [0.717, 1.165) is 20.8 Å². The number of hydrogen-bond donors (Lipinski definition) is 2. The topological polar surface area (TPSA) is 88.2 Å². The van der Waals surface area contributed by atoms with E-state index in [2.05, 4.69) is 15.0 Å². The van der Waals surface area contributed by atoms with Crippen LogP contribution in [0.25, 0.3) is 10.2 Å². The van der Waals surface area contributed by atoms with E-state index in [9.17, 15) is 13.2 Å². The summed E-state index contributed by atoms with van der Waals surface area (Å²) in [7, 11) is -3.86. The summed E-state index contributed by atoms with van der Waals surface area (Å²) in [5.74, 6) is -0.192. The number of carbonyl (C=O) groups excluding carboxylic acids is 1. The highest BCUT2D eigenvalue weighted by atomic mass is 35.5. The van der Waals surface area contributed by atoms with E-state index < -0.39 is 16.1 Å². The van der Waals surface area contributed by atoms with E-state index in [-0.39, 0.29) is 16.7 Å². The summed E-state index contributed by atoms with van der Waals surface area (Å²) in [5, 5.41) is 4.38. The van der Waals surface area contributed by atoms with Crippen LogP contribution in [-0.4, -0.2) is 31.9 Å². The van der Waals surface area contributed by atoms with Crippen LogP contribution in [0.5, 0.6) is 0 Å². The fraction of sp³-hybridized carbons (Fsp3) is 0.364. The first kappa shape index (κ1) is 23.7. The number of sulfonamides is 1. The molecular weight excluding hydrogens is 454 g/mol. The predicted octanol–water partition coefficient (Wildman–Crippen LogP) is 4.31. The molecule has 1 amide bonds. The lowest BCUT2D eigenvalue weighted by Crippen LogP contribution is -2.47. The normalized spacial score (nSPS) is 12.9. The zero-order valence-corrected chi connectivity index (χ0v) is 20.1. The van der Waals surface area contributed by atoms with Gasteiger partial charge in [0.2, 0.25) is 15.9 Å². The van der Waals surface area contributed by atoms with Gasteiger partial charge in [0.1, 0.15) is 6.04 Å². The van der Waals surface area contributed by atoms with Crippen LogP contribution in [0.15, 0.2) is 47.4 Å². The van der Waals surface area contributed by atoms with Crippen LogP contribution in [0.1, 0.15) is 30.8 Å². The van der Waals surface area contributed by atoms with Crippen molar-refractivity contribution in [3.63, 3.8) is 0 Å². The molecule has 1 heterocycles. The van der Waals surface area contributed by atoms with Crippen molar-refractivity contribution < 1.29 is 13.2 Å². The molecule has 166 valence electrons. The Balaban J connectivity index is 1.69. The third-order valence-corrected chi connectivity index (χ3v) is 7.38. The van der Waals surface area contributed by atoms with E-state index in [1.807, 2.05) is 32.9 Å². The molecule has 31 heavy (non-hydrogen) atoms. The van der Waals surface area contributed by atoms with Gasteiger partial charge in [0.15, 0.2) is 0 Å². The molecule has 3 aromatic rings. The summed E-state index contributed by atoms with van der Waals surface area (Å²) in [6, 6.07) is 11.4. The van der Waals surface area contributed by atoms with E-state index in [4.69, 9.17) is 11.6 Å².